The van der Waals surface area contributed by atoms with E-state index in [4.69, 9.17) is 4.74 Å². The van der Waals surface area contributed by atoms with Gasteiger partial charge in [-0.05, 0) is 29.3 Å². The molecule has 0 bridgehead atoms. The number of pyridine rings is 1. The average molecular weight is 320 g/mol. The van der Waals surface area contributed by atoms with Gasteiger partial charge in [0, 0.05) is 17.4 Å². The van der Waals surface area contributed by atoms with Crippen LogP contribution in [0.25, 0.3) is 11.1 Å². The summed E-state index contributed by atoms with van der Waals surface area (Å²) in [4.78, 5) is 15.8. The Labute approximate surface area is 139 Å². The Bertz CT molecular complexity index is 818. The Hall–Kier alpha value is -3.34. The molecule has 2 aromatic carbocycles. The Morgan fingerprint density at radius 2 is 1.75 bits per heavy atom. The number of amides is 1. The molecule has 2 N–H and O–H groups in total. The SMILES string of the molecule is O=C(Nc1ccc(-c2cncc(O)c2)cc1)OCc1ccccc1. The van der Waals surface area contributed by atoms with E-state index in [9.17, 15) is 9.90 Å². The maximum absolute atomic E-state index is 11.8. The van der Waals surface area contributed by atoms with Crippen molar-refractivity contribution in [3.8, 4) is 16.9 Å². The molecule has 120 valence electrons. The molecule has 0 aliphatic heterocycles. The van der Waals surface area contributed by atoms with E-state index in [1.165, 1.54) is 6.20 Å². The summed E-state index contributed by atoms with van der Waals surface area (Å²) in [7, 11) is 0. The quantitative estimate of drug-likeness (QED) is 0.755. The van der Waals surface area contributed by atoms with E-state index in [0.717, 1.165) is 16.7 Å². The van der Waals surface area contributed by atoms with Gasteiger partial charge < -0.3 is 9.84 Å². The Kier molecular flexibility index (Phi) is 4.72. The molecule has 1 aromatic heterocycles. The molecule has 1 amide bonds. The predicted octanol–water partition coefficient (Wildman–Crippen LogP) is 4.20. The summed E-state index contributed by atoms with van der Waals surface area (Å²) >= 11 is 0. The van der Waals surface area contributed by atoms with E-state index in [-0.39, 0.29) is 12.4 Å². The second-order valence-electron chi connectivity index (χ2n) is 5.20. The van der Waals surface area contributed by atoms with Gasteiger partial charge in [-0.2, -0.15) is 0 Å². The standard InChI is InChI=1S/C19H16N2O3/c22-18-10-16(11-20-12-18)15-6-8-17(9-7-15)21-19(23)24-13-14-4-2-1-3-5-14/h1-12,22H,13H2,(H,21,23). The van der Waals surface area contributed by atoms with Gasteiger partial charge >= 0.3 is 6.09 Å². The monoisotopic (exact) mass is 320 g/mol. The van der Waals surface area contributed by atoms with Gasteiger partial charge in [0.25, 0.3) is 0 Å². The van der Waals surface area contributed by atoms with Gasteiger partial charge in [-0.1, -0.05) is 42.5 Å². The smallest absolute Gasteiger partial charge is 0.411 e. The molecule has 3 aromatic rings. The van der Waals surface area contributed by atoms with Crippen LogP contribution in [-0.4, -0.2) is 16.2 Å². The highest BCUT2D eigenvalue weighted by molar-refractivity contribution is 5.85. The van der Waals surface area contributed by atoms with Gasteiger partial charge in [0.05, 0.1) is 6.20 Å². The number of carbonyl (C=O) groups excluding carboxylic acids is 1. The van der Waals surface area contributed by atoms with Gasteiger partial charge in [0.2, 0.25) is 0 Å². The molecule has 0 aliphatic rings. The van der Waals surface area contributed by atoms with E-state index < -0.39 is 6.09 Å². The number of hydrogen-bond donors (Lipinski definition) is 2. The first kappa shape index (κ1) is 15.6. The van der Waals surface area contributed by atoms with Crippen molar-refractivity contribution in [1.82, 2.24) is 4.98 Å². The van der Waals surface area contributed by atoms with Crippen molar-refractivity contribution in [2.75, 3.05) is 5.32 Å². The summed E-state index contributed by atoms with van der Waals surface area (Å²) in [5, 5.41) is 12.1. The van der Waals surface area contributed by atoms with E-state index in [1.54, 1.807) is 24.4 Å². The number of carbonyl (C=O) groups is 1. The minimum Gasteiger partial charge on any atom is -0.506 e. The number of hydrogen-bond acceptors (Lipinski definition) is 4. The zero-order valence-corrected chi connectivity index (χ0v) is 12.8. The topological polar surface area (TPSA) is 71.5 Å². The number of aromatic nitrogens is 1. The number of aromatic hydroxyl groups is 1. The van der Waals surface area contributed by atoms with Crippen molar-refractivity contribution in [2.24, 2.45) is 0 Å². The molecular formula is C19H16N2O3. The lowest BCUT2D eigenvalue weighted by molar-refractivity contribution is 0.155. The van der Waals surface area contributed by atoms with Crippen LogP contribution in [0.1, 0.15) is 5.56 Å². The van der Waals surface area contributed by atoms with E-state index >= 15 is 0 Å². The number of rotatable bonds is 4. The van der Waals surface area contributed by atoms with Crippen molar-refractivity contribution >= 4 is 11.8 Å². The highest BCUT2D eigenvalue weighted by atomic mass is 16.5. The zero-order valence-electron chi connectivity index (χ0n) is 12.8. The van der Waals surface area contributed by atoms with Crippen molar-refractivity contribution in [3.05, 3.63) is 78.6 Å². The van der Waals surface area contributed by atoms with Crippen LogP contribution >= 0.6 is 0 Å². The van der Waals surface area contributed by atoms with Crippen LogP contribution in [0, 0.1) is 0 Å². The first-order valence-electron chi connectivity index (χ1n) is 7.43. The average Bonchev–Trinajstić information content (AvgIpc) is 2.61. The third-order valence-corrected chi connectivity index (χ3v) is 3.40. The van der Waals surface area contributed by atoms with Gasteiger partial charge in [0.15, 0.2) is 0 Å². The minimum absolute atomic E-state index is 0.110. The largest absolute Gasteiger partial charge is 0.506 e. The van der Waals surface area contributed by atoms with E-state index in [2.05, 4.69) is 10.3 Å². The molecule has 24 heavy (non-hydrogen) atoms. The molecule has 0 atom stereocenters. The Morgan fingerprint density at radius 3 is 2.46 bits per heavy atom. The number of ether oxygens (including phenoxy) is 1. The van der Waals surface area contributed by atoms with Crippen LogP contribution in [0.2, 0.25) is 0 Å². The van der Waals surface area contributed by atoms with Crippen LogP contribution in [-0.2, 0) is 11.3 Å². The predicted molar refractivity (Wildman–Crippen MR) is 91.6 cm³/mol. The maximum atomic E-state index is 11.8. The van der Waals surface area contributed by atoms with Gasteiger partial charge in [-0.15, -0.1) is 0 Å². The number of nitrogens with zero attached hydrogens (tertiary/aromatic N) is 1. The van der Waals surface area contributed by atoms with Gasteiger partial charge in [-0.3, -0.25) is 10.3 Å². The molecule has 0 radical (unpaired) electrons. The number of nitrogens with one attached hydrogen (secondary N) is 1. The van der Waals surface area contributed by atoms with Crippen molar-refractivity contribution in [1.29, 1.82) is 0 Å². The Morgan fingerprint density at radius 1 is 1.00 bits per heavy atom. The molecule has 0 saturated heterocycles. The highest BCUT2D eigenvalue weighted by Gasteiger charge is 2.05. The van der Waals surface area contributed by atoms with Crippen LogP contribution < -0.4 is 5.32 Å². The molecule has 3 rings (SSSR count). The minimum atomic E-state index is -0.509. The summed E-state index contributed by atoms with van der Waals surface area (Å²) in [5.41, 5.74) is 3.25. The second-order valence-corrected chi connectivity index (χ2v) is 5.20. The van der Waals surface area contributed by atoms with E-state index in [1.807, 2.05) is 42.5 Å². The van der Waals surface area contributed by atoms with Crippen LogP contribution in [0.15, 0.2) is 73.1 Å². The molecule has 5 heteroatoms. The molecule has 0 unspecified atom stereocenters. The summed E-state index contributed by atoms with van der Waals surface area (Å²) in [6.45, 7) is 0.222. The first-order valence-corrected chi connectivity index (χ1v) is 7.43. The zero-order chi connectivity index (χ0) is 16.8. The summed E-state index contributed by atoms with van der Waals surface area (Å²) in [6.07, 6.45) is 2.53. The summed E-state index contributed by atoms with van der Waals surface area (Å²) in [5.74, 6) is 0.110. The summed E-state index contributed by atoms with van der Waals surface area (Å²) in [6, 6.07) is 18.3. The van der Waals surface area contributed by atoms with Crippen molar-refractivity contribution < 1.29 is 14.6 Å². The highest BCUT2D eigenvalue weighted by Crippen LogP contribution is 2.23. The molecule has 0 aliphatic carbocycles. The van der Waals surface area contributed by atoms with Gasteiger partial charge in [0.1, 0.15) is 12.4 Å². The fraction of sp³-hybridized carbons (Fsp3) is 0.0526. The van der Waals surface area contributed by atoms with Gasteiger partial charge in [-0.25, -0.2) is 4.79 Å². The first-order chi connectivity index (χ1) is 11.7. The molecule has 5 nitrogen and oxygen atoms in total. The fourth-order valence-corrected chi connectivity index (χ4v) is 2.21. The lowest BCUT2D eigenvalue weighted by Gasteiger charge is -2.08. The molecule has 1 heterocycles. The molecular weight excluding hydrogens is 304 g/mol. The normalized spacial score (nSPS) is 10.2. The number of benzene rings is 2. The van der Waals surface area contributed by atoms with Crippen LogP contribution in [0.4, 0.5) is 10.5 Å². The number of anilines is 1. The van der Waals surface area contributed by atoms with E-state index in [0.29, 0.717) is 5.69 Å². The second kappa shape index (κ2) is 7.28. The van der Waals surface area contributed by atoms with Crippen LogP contribution in [0.5, 0.6) is 5.75 Å². The molecule has 0 spiro atoms. The maximum Gasteiger partial charge on any atom is 0.411 e. The third kappa shape index (κ3) is 4.10. The van der Waals surface area contributed by atoms with Crippen molar-refractivity contribution in [3.63, 3.8) is 0 Å². The lowest BCUT2D eigenvalue weighted by Crippen LogP contribution is -2.13. The third-order valence-electron chi connectivity index (χ3n) is 3.40. The molecule has 0 fully saturated rings. The fourth-order valence-electron chi connectivity index (χ4n) is 2.21. The lowest BCUT2D eigenvalue weighted by atomic mass is 10.1. The summed E-state index contributed by atoms with van der Waals surface area (Å²) < 4.78 is 5.17. The van der Waals surface area contributed by atoms with Crippen LogP contribution in [0.3, 0.4) is 0 Å². The Balaban J connectivity index is 1.58. The van der Waals surface area contributed by atoms with Crippen molar-refractivity contribution in [2.45, 2.75) is 6.61 Å². The molecule has 0 saturated carbocycles.